The van der Waals surface area contributed by atoms with Crippen LogP contribution in [-0.4, -0.2) is 62.6 Å². The predicted octanol–water partition coefficient (Wildman–Crippen LogP) is 6.04. The number of benzene rings is 1. The van der Waals surface area contributed by atoms with E-state index >= 15 is 0 Å². The molecule has 0 bridgehead atoms. The number of rotatable bonds is 8. The van der Waals surface area contributed by atoms with E-state index in [1.807, 2.05) is 18.7 Å². The minimum atomic E-state index is -0.794. The Balaban J connectivity index is 0.00000242. The van der Waals surface area contributed by atoms with Gasteiger partial charge in [0.15, 0.2) is 5.82 Å². The number of aromatic nitrogens is 2. The van der Waals surface area contributed by atoms with Gasteiger partial charge in [-0.2, -0.15) is 5.10 Å². The molecule has 1 saturated carbocycles. The molecule has 2 saturated heterocycles. The Kier molecular flexibility index (Phi) is 11.8. The van der Waals surface area contributed by atoms with E-state index in [0.29, 0.717) is 44.9 Å². The van der Waals surface area contributed by atoms with Crippen LogP contribution in [0.2, 0.25) is 0 Å². The first-order valence-corrected chi connectivity index (χ1v) is 15.1. The summed E-state index contributed by atoms with van der Waals surface area (Å²) in [6.45, 7) is 8.50. The summed E-state index contributed by atoms with van der Waals surface area (Å²) in [5.74, 6) is -0.650. The van der Waals surface area contributed by atoms with Gasteiger partial charge in [-0.25, -0.2) is 13.5 Å². The molecule has 1 N–H and O–H groups in total. The number of unbranched alkanes of at least 4 members (excludes halogenated alkanes) is 1. The zero-order chi connectivity index (χ0) is 28.4. The van der Waals surface area contributed by atoms with Crippen molar-refractivity contribution in [1.29, 1.82) is 0 Å². The van der Waals surface area contributed by atoms with Gasteiger partial charge in [-0.3, -0.25) is 14.5 Å². The van der Waals surface area contributed by atoms with Crippen molar-refractivity contribution in [1.82, 2.24) is 24.9 Å². The fourth-order valence-electron chi connectivity index (χ4n) is 7.03. The summed E-state index contributed by atoms with van der Waals surface area (Å²) in [7, 11) is 0. The number of halogens is 4. The highest BCUT2D eigenvalue weighted by atomic mass is 35.5. The molecular weight excluding hydrogens is 583 g/mol. The van der Waals surface area contributed by atoms with Gasteiger partial charge in [0, 0.05) is 43.5 Å². The van der Waals surface area contributed by atoms with Crippen molar-refractivity contribution in [3.05, 3.63) is 46.8 Å². The van der Waals surface area contributed by atoms with Crippen LogP contribution in [0.4, 0.5) is 8.78 Å². The van der Waals surface area contributed by atoms with Gasteiger partial charge in [-0.05, 0) is 57.6 Å². The lowest BCUT2D eigenvalue weighted by Crippen LogP contribution is -2.73. The van der Waals surface area contributed by atoms with E-state index in [9.17, 15) is 18.4 Å². The molecular formula is C31H45Cl2F2N5O2. The molecule has 0 radical (unpaired) electrons. The normalized spacial score (nSPS) is 21.2. The van der Waals surface area contributed by atoms with E-state index in [0.717, 1.165) is 55.1 Å². The first kappa shape index (κ1) is 34.3. The third-order valence-corrected chi connectivity index (χ3v) is 9.48. The molecule has 2 amide bonds. The lowest BCUT2D eigenvalue weighted by atomic mass is 9.79. The topological polar surface area (TPSA) is 70.5 Å². The Morgan fingerprint density at radius 1 is 1.05 bits per heavy atom. The molecule has 2 aromatic rings. The van der Waals surface area contributed by atoms with Crippen LogP contribution >= 0.6 is 24.8 Å². The summed E-state index contributed by atoms with van der Waals surface area (Å²) in [4.78, 5) is 31.8. The lowest BCUT2D eigenvalue weighted by Gasteiger charge is -2.52. The molecule has 3 aliphatic rings. The minimum Gasteiger partial charge on any atom is -0.342 e. The zero-order valence-corrected chi connectivity index (χ0v) is 26.6. The Labute approximate surface area is 260 Å². The second-order valence-electron chi connectivity index (χ2n) is 12.1. The van der Waals surface area contributed by atoms with Crippen LogP contribution in [0.1, 0.15) is 88.1 Å². The van der Waals surface area contributed by atoms with Crippen molar-refractivity contribution < 1.29 is 18.4 Å². The number of hydrogen-bond acceptors (Lipinski definition) is 4. The van der Waals surface area contributed by atoms with Crippen LogP contribution in [0.15, 0.2) is 18.2 Å². The number of likely N-dealkylation sites (tertiary alicyclic amines) is 1. The van der Waals surface area contributed by atoms with Gasteiger partial charge in [0.05, 0.1) is 5.69 Å². The van der Waals surface area contributed by atoms with Gasteiger partial charge in [-0.15, -0.1) is 24.8 Å². The van der Waals surface area contributed by atoms with Crippen LogP contribution in [0.5, 0.6) is 0 Å². The lowest BCUT2D eigenvalue weighted by molar-refractivity contribution is -0.162. The van der Waals surface area contributed by atoms with Gasteiger partial charge < -0.3 is 10.2 Å². The summed E-state index contributed by atoms with van der Waals surface area (Å²) in [5, 5.41) is 7.72. The van der Waals surface area contributed by atoms with Gasteiger partial charge in [-0.1, -0.05) is 45.4 Å². The van der Waals surface area contributed by atoms with Crippen molar-refractivity contribution in [3.63, 3.8) is 0 Å². The summed E-state index contributed by atoms with van der Waals surface area (Å²) < 4.78 is 29.5. The number of aryl methyl sites for hydroxylation is 1. The molecule has 0 unspecified atom stereocenters. The number of nitrogens with one attached hydrogen (secondary N) is 1. The smallest absolute Gasteiger partial charge is 0.246 e. The highest BCUT2D eigenvalue weighted by Crippen LogP contribution is 2.36. The maximum atomic E-state index is 14.5. The molecule has 1 aliphatic carbocycles. The molecule has 3 heterocycles. The largest absolute Gasteiger partial charge is 0.342 e. The van der Waals surface area contributed by atoms with Crippen molar-refractivity contribution >= 4 is 36.6 Å². The zero-order valence-electron chi connectivity index (χ0n) is 25.0. The molecule has 2 aliphatic heterocycles. The van der Waals surface area contributed by atoms with Crippen LogP contribution in [0.3, 0.4) is 0 Å². The molecule has 11 heteroatoms. The van der Waals surface area contributed by atoms with E-state index in [4.69, 9.17) is 0 Å². The molecule has 1 aromatic carbocycles. The van der Waals surface area contributed by atoms with Gasteiger partial charge in [0.25, 0.3) is 0 Å². The van der Waals surface area contributed by atoms with E-state index in [-0.39, 0.29) is 42.3 Å². The summed E-state index contributed by atoms with van der Waals surface area (Å²) >= 11 is 0. The Morgan fingerprint density at radius 2 is 1.74 bits per heavy atom. The number of piperazine rings is 1. The number of hydrogen-bond donors (Lipinski definition) is 1. The van der Waals surface area contributed by atoms with Gasteiger partial charge >= 0.3 is 0 Å². The Bertz CT molecular complexity index is 1240. The standard InChI is InChI=1S/C31H43F2N5O2.2ClH/c1-4-5-15-37-29(39)27(18-23-9-7-6-8-10-23)34-30(40)31(37)13-16-36(17-14-31)20-25-21(2)35-38(22(25)3)28-12-11-24(32)19-26(28)33;;/h11-12,19,23,27H,4-10,13-18,20H2,1-3H3,(H,34,40);2*1H/t27-;;/m0../s1. The summed E-state index contributed by atoms with van der Waals surface area (Å²) in [5.41, 5.74) is 2.03. The van der Waals surface area contributed by atoms with Crippen molar-refractivity contribution in [2.45, 2.75) is 103 Å². The number of nitrogens with zero attached hydrogens (tertiary/aromatic N) is 4. The van der Waals surface area contributed by atoms with E-state index in [1.54, 1.807) is 0 Å². The third-order valence-electron chi connectivity index (χ3n) is 9.48. The van der Waals surface area contributed by atoms with Crippen molar-refractivity contribution in [2.24, 2.45) is 5.92 Å². The molecule has 1 spiro atoms. The number of amides is 2. The average molecular weight is 629 g/mol. The molecule has 5 rings (SSSR count). The highest BCUT2D eigenvalue weighted by Gasteiger charge is 2.53. The molecule has 7 nitrogen and oxygen atoms in total. The summed E-state index contributed by atoms with van der Waals surface area (Å²) in [6.07, 6.45) is 9.79. The number of carbonyl (C=O) groups excluding carboxylic acids is 2. The fraction of sp³-hybridized carbons (Fsp3) is 0.645. The van der Waals surface area contributed by atoms with Crippen LogP contribution in [0.25, 0.3) is 5.69 Å². The van der Waals surface area contributed by atoms with Crippen molar-refractivity contribution in [2.75, 3.05) is 19.6 Å². The third kappa shape index (κ3) is 6.78. The quantitative estimate of drug-likeness (QED) is 0.387. The first-order valence-electron chi connectivity index (χ1n) is 15.1. The number of piperidine rings is 1. The Morgan fingerprint density at radius 3 is 2.38 bits per heavy atom. The van der Waals surface area contributed by atoms with E-state index < -0.39 is 23.2 Å². The van der Waals surface area contributed by atoms with Crippen LogP contribution in [-0.2, 0) is 16.1 Å². The average Bonchev–Trinajstić information content (AvgIpc) is 3.21. The first-order chi connectivity index (χ1) is 19.2. The molecule has 42 heavy (non-hydrogen) atoms. The molecule has 3 fully saturated rings. The van der Waals surface area contributed by atoms with Gasteiger partial charge in [0.1, 0.15) is 23.1 Å². The van der Waals surface area contributed by atoms with E-state index in [2.05, 4.69) is 22.2 Å². The maximum Gasteiger partial charge on any atom is 0.246 e. The van der Waals surface area contributed by atoms with Crippen molar-refractivity contribution in [3.8, 4) is 5.69 Å². The second-order valence-corrected chi connectivity index (χ2v) is 12.1. The predicted molar refractivity (Wildman–Crippen MR) is 164 cm³/mol. The van der Waals surface area contributed by atoms with Gasteiger partial charge in [0.2, 0.25) is 11.8 Å². The number of carbonyl (C=O) groups is 2. The molecule has 234 valence electrons. The fourth-order valence-corrected chi connectivity index (χ4v) is 7.03. The maximum absolute atomic E-state index is 14.5. The van der Waals surface area contributed by atoms with Crippen LogP contribution in [0, 0.1) is 31.4 Å². The minimum absolute atomic E-state index is 0. The SMILES string of the molecule is CCCCN1C(=O)[C@H](CC2CCCCC2)NC(=O)C12CCN(Cc1c(C)nn(-c3ccc(F)cc3F)c1C)CC2.Cl.Cl. The van der Waals surface area contributed by atoms with E-state index in [1.165, 1.54) is 36.1 Å². The Hall–Kier alpha value is -2.23. The molecule has 1 atom stereocenters. The van der Waals surface area contributed by atoms with Crippen LogP contribution < -0.4 is 5.32 Å². The molecule has 1 aromatic heterocycles. The summed E-state index contributed by atoms with van der Waals surface area (Å²) in [6, 6.07) is 3.11. The highest BCUT2D eigenvalue weighted by molar-refractivity contribution is 6.00. The second kappa shape index (κ2) is 14.5. The monoisotopic (exact) mass is 627 g/mol.